The van der Waals surface area contributed by atoms with Crippen molar-refractivity contribution in [2.45, 2.75) is 49.6 Å². The predicted molar refractivity (Wildman–Crippen MR) is 109 cm³/mol. The van der Waals surface area contributed by atoms with Crippen molar-refractivity contribution in [3.8, 4) is 0 Å². The number of nitrogens with one attached hydrogen (secondary N) is 4. The molecule has 2 unspecified atom stereocenters. The van der Waals surface area contributed by atoms with E-state index in [1.54, 1.807) is 0 Å². The number of carbonyl (C=O) groups excluding carboxylic acids is 1. The SMILES string of the molecule is CNC1=CCC(CCC(=O)CCC2(NC)C=CC(NC)=CC2)(NC)C=C1. The summed E-state index contributed by atoms with van der Waals surface area (Å²) >= 11 is 0. The third-order valence-corrected chi connectivity index (χ3v) is 5.81. The molecule has 0 aromatic carbocycles. The highest BCUT2D eigenvalue weighted by Gasteiger charge is 2.29. The maximum absolute atomic E-state index is 12.5. The molecule has 2 rings (SSSR count). The molecule has 2 aliphatic rings. The normalized spacial score (nSPS) is 27.7. The van der Waals surface area contributed by atoms with E-state index >= 15 is 0 Å². The predicted octanol–water partition coefficient (Wildman–Crippen LogP) is 2.16. The summed E-state index contributed by atoms with van der Waals surface area (Å²) in [4.78, 5) is 12.5. The first-order chi connectivity index (χ1) is 12.5. The quantitative estimate of drug-likeness (QED) is 0.482. The molecule has 0 aromatic rings. The molecule has 0 bridgehead atoms. The summed E-state index contributed by atoms with van der Waals surface area (Å²) in [5.41, 5.74) is 2.06. The van der Waals surface area contributed by atoms with Gasteiger partial charge >= 0.3 is 0 Å². The maximum atomic E-state index is 12.5. The van der Waals surface area contributed by atoms with E-state index in [-0.39, 0.29) is 11.1 Å². The van der Waals surface area contributed by atoms with E-state index in [2.05, 4.69) is 57.7 Å². The zero-order valence-corrected chi connectivity index (χ0v) is 16.6. The summed E-state index contributed by atoms with van der Waals surface area (Å²) in [5.74, 6) is 0.336. The van der Waals surface area contributed by atoms with Crippen molar-refractivity contribution in [2.75, 3.05) is 28.2 Å². The zero-order valence-electron chi connectivity index (χ0n) is 16.6. The molecule has 0 amide bonds. The fraction of sp³-hybridized carbons (Fsp3) is 0.571. The van der Waals surface area contributed by atoms with Gasteiger partial charge in [0.2, 0.25) is 0 Å². The summed E-state index contributed by atoms with van der Waals surface area (Å²) in [6.07, 6.45) is 17.6. The number of rotatable bonds is 10. The van der Waals surface area contributed by atoms with Crippen LogP contribution in [0, 0.1) is 0 Å². The number of likely N-dealkylation sites (N-methyl/N-ethyl adjacent to an activating group) is 4. The molecule has 0 aliphatic heterocycles. The molecule has 2 atom stereocenters. The first-order valence-electron chi connectivity index (χ1n) is 9.54. The van der Waals surface area contributed by atoms with Gasteiger partial charge in [-0.05, 0) is 51.9 Å². The molecule has 0 saturated carbocycles. The van der Waals surface area contributed by atoms with Gasteiger partial charge in [-0.3, -0.25) is 4.79 Å². The molecular weight excluding hydrogens is 324 g/mol. The van der Waals surface area contributed by atoms with Crippen molar-refractivity contribution in [3.63, 3.8) is 0 Å². The number of Topliss-reactive ketones (excluding diaryl/α,β-unsaturated/α-hetero) is 1. The Kier molecular flexibility index (Phi) is 7.23. The average Bonchev–Trinajstić information content (AvgIpc) is 2.71. The lowest BCUT2D eigenvalue weighted by Crippen LogP contribution is -2.43. The molecule has 0 spiro atoms. The Labute approximate surface area is 158 Å². The Morgan fingerprint density at radius 2 is 1.27 bits per heavy atom. The molecule has 5 nitrogen and oxygen atoms in total. The van der Waals surface area contributed by atoms with Crippen LogP contribution in [0.25, 0.3) is 0 Å². The van der Waals surface area contributed by atoms with E-state index in [1.807, 2.05) is 28.2 Å². The first-order valence-corrected chi connectivity index (χ1v) is 9.54. The largest absolute Gasteiger partial charge is 0.388 e. The zero-order chi connectivity index (χ0) is 19.0. The molecule has 0 radical (unpaired) electrons. The third kappa shape index (κ3) is 5.08. The van der Waals surface area contributed by atoms with Crippen LogP contribution in [0.3, 0.4) is 0 Å². The Hall–Kier alpha value is -1.85. The first kappa shape index (κ1) is 20.5. The second-order valence-corrected chi connectivity index (χ2v) is 7.24. The lowest BCUT2D eigenvalue weighted by Gasteiger charge is -2.33. The van der Waals surface area contributed by atoms with Crippen molar-refractivity contribution in [1.82, 2.24) is 21.3 Å². The van der Waals surface area contributed by atoms with Crippen LogP contribution in [0.15, 0.2) is 47.9 Å². The van der Waals surface area contributed by atoms with Gasteiger partial charge in [0.25, 0.3) is 0 Å². The fourth-order valence-electron chi connectivity index (χ4n) is 3.57. The van der Waals surface area contributed by atoms with Crippen molar-refractivity contribution in [1.29, 1.82) is 0 Å². The third-order valence-electron chi connectivity index (χ3n) is 5.81. The fourth-order valence-corrected chi connectivity index (χ4v) is 3.57. The maximum Gasteiger partial charge on any atom is 0.133 e. The van der Waals surface area contributed by atoms with Crippen LogP contribution >= 0.6 is 0 Å². The minimum atomic E-state index is -0.105. The van der Waals surface area contributed by atoms with Crippen LogP contribution in [0.4, 0.5) is 0 Å². The number of ketones is 1. The number of allylic oxidation sites excluding steroid dienone is 2. The molecule has 0 saturated heterocycles. The highest BCUT2D eigenvalue weighted by molar-refractivity contribution is 5.78. The average molecular weight is 359 g/mol. The van der Waals surface area contributed by atoms with Crippen LogP contribution in [-0.4, -0.2) is 45.1 Å². The van der Waals surface area contributed by atoms with E-state index < -0.39 is 0 Å². The van der Waals surface area contributed by atoms with Crippen LogP contribution < -0.4 is 21.3 Å². The van der Waals surface area contributed by atoms with E-state index in [9.17, 15) is 4.79 Å². The van der Waals surface area contributed by atoms with Gasteiger partial charge in [-0.25, -0.2) is 0 Å². The molecule has 2 aliphatic carbocycles. The van der Waals surface area contributed by atoms with E-state index in [1.165, 1.54) is 0 Å². The topological polar surface area (TPSA) is 65.2 Å². The molecule has 26 heavy (non-hydrogen) atoms. The standard InChI is InChI=1S/C21H34N4O/c1-22-17-5-11-20(24-3,12-6-17)15-9-19(26)10-16-21(25-4)13-7-18(23-2)8-14-21/h5-8,11,13,22-25H,9-10,12,14-16H2,1-4H3. The van der Waals surface area contributed by atoms with Gasteiger partial charge in [-0.15, -0.1) is 0 Å². The molecule has 0 fully saturated rings. The second-order valence-electron chi connectivity index (χ2n) is 7.24. The van der Waals surface area contributed by atoms with Crippen molar-refractivity contribution in [2.24, 2.45) is 0 Å². The lowest BCUT2D eigenvalue weighted by molar-refractivity contribution is -0.119. The van der Waals surface area contributed by atoms with Crippen molar-refractivity contribution >= 4 is 5.78 Å². The van der Waals surface area contributed by atoms with E-state index in [0.717, 1.165) is 37.1 Å². The highest BCUT2D eigenvalue weighted by atomic mass is 16.1. The second kappa shape index (κ2) is 9.19. The Balaban J connectivity index is 1.84. The van der Waals surface area contributed by atoms with Crippen LogP contribution in [-0.2, 0) is 4.79 Å². The molecule has 5 heteroatoms. The molecule has 144 valence electrons. The van der Waals surface area contributed by atoms with Gasteiger partial charge in [0.15, 0.2) is 0 Å². The van der Waals surface area contributed by atoms with Gasteiger partial charge in [-0.2, -0.15) is 0 Å². The summed E-state index contributed by atoms with van der Waals surface area (Å²) < 4.78 is 0. The number of hydrogen-bond donors (Lipinski definition) is 4. The van der Waals surface area contributed by atoms with Crippen molar-refractivity contribution < 1.29 is 4.79 Å². The summed E-state index contributed by atoms with van der Waals surface area (Å²) in [6, 6.07) is 0. The summed E-state index contributed by atoms with van der Waals surface area (Å²) in [6.45, 7) is 0. The summed E-state index contributed by atoms with van der Waals surface area (Å²) in [5, 5.41) is 13.1. The van der Waals surface area contributed by atoms with Crippen LogP contribution in [0.5, 0.6) is 0 Å². The molecular formula is C21H34N4O. The minimum Gasteiger partial charge on any atom is -0.388 e. The Morgan fingerprint density at radius 1 is 0.846 bits per heavy atom. The Bertz CT molecular complexity index is 568. The smallest absolute Gasteiger partial charge is 0.133 e. The number of hydrogen-bond acceptors (Lipinski definition) is 5. The van der Waals surface area contributed by atoms with Crippen molar-refractivity contribution in [3.05, 3.63) is 47.9 Å². The molecule has 4 N–H and O–H groups in total. The van der Waals surface area contributed by atoms with Gasteiger partial charge in [0.1, 0.15) is 5.78 Å². The number of carbonyl (C=O) groups is 1. The van der Waals surface area contributed by atoms with Crippen LogP contribution in [0.2, 0.25) is 0 Å². The minimum absolute atomic E-state index is 0.105. The Morgan fingerprint density at radius 3 is 1.54 bits per heavy atom. The molecule has 0 heterocycles. The van der Waals surface area contributed by atoms with E-state index in [4.69, 9.17) is 0 Å². The lowest BCUT2D eigenvalue weighted by atomic mass is 9.82. The highest BCUT2D eigenvalue weighted by Crippen LogP contribution is 2.28. The van der Waals surface area contributed by atoms with E-state index in [0.29, 0.717) is 18.6 Å². The monoisotopic (exact) mass is 358 g/mol. The van der Waals surface area contributed by atoms with Gasteiger partial charge < -0.3 is 21.3 Å². The van der Waals surface area contributed by atoms with Gasteiger partial charge in [0.05, 0.1) is 0 Å². The molecule has 0 aromatic heterocycles. The summed E-state index contributed by atoms with van der Waals surface area (Å²) in [7, 11) is 7.80. The van der Waals surface area contributed by atoms with Crippen LogP contribution in [0.1, 0.15) is 38.5 Å². The van der Waals surface area contributed by atoms with Gasteiger partial charge in [-0.1, -0.05) is 24.3 Å². The van der Waals surface area contributed by atoms with Gasteiger partial charge in [0, 0.05) is 49.4 Å².